The zero-order valence-corrected chi connectivity index (χ0v) is 17.8. The van der Waals surface area contributed by atoms with E-state index in [0.717, 1.165) is 55.4 Å². The summed E-state index contributed by atoms with van der Waals surface area (Å²) in [5.41, 5.74) is 5.46. The quantitative estimate of drug-likeness (QED) is 0.654. The molecule has 0 bridgehead atoms. The number of piperazine rings is 1. The van der Waals surface area contributed by atoms with Crippen molar-refractivity contribution in [3.8, 4) is 17.3 Å². The Kier molecular flexibility index (Phi) is 5.77. The Bertz CT molecular complexity index is 1040. The van der Waals surface area contributed by atoms with Crippen LogP contribution in [0, 0.1) is 18.3 Å². The molecule has 2 aromatic heterocycles. The van der Waals surface area contributed by atoms with Gasteiger partial charge in [-0.15, -0.1) is 0 Å². The molecule has 0 radical (unpaired) electrons. The molecule has 0 saturated carbocycles. The smallest absolute Gasteiger partial charge is 0.155 e. The first kappa shape index (κ1) is 20.0. The SMILES string of the molecule is Cc1c(CN2CCN(c3nccnc3-c3ccc(C(C)C#N)cc3)CC2)cnn1C. The molecule has 7 heteroatoms. The lowest BCUT2D eigenvalue weighted by atomic mass is 10.00. The van der Waals surface area contributed by atoms with Crippen molar-refractivity contribution in [2.45, 2.75) is 26.3 Å². The summed E-state index contributed by atoms with van der Waals surface area (Å²) in [6, 6.07) is 10.4. The van der Waals surface area contributed by atoms with Crippen LogP contribution in [-0.2, 0) is 13.6 Å². The fraction of sp³-hybridized carbons (Fsp3) is 0.391. The summed E-state index contributed by atoms with van der Waals surface area (Å²) in [5.74, 6) is 0.813. The molecule has 1 saturated heterocycles. The van der Waals surface area contributed by atoms with Gasteiger partial charge in [0, 0.05) is 69.0 Å². The molecule has 30 heavy (non-hydrogen) atoms. The van der Waals surface area contributed by atoms with E-state index in [9.17, 15) is 0 Å². The lowest BCUT2D eigenvalue weighted by molar-refractivity contribution is 0.249. The maximum atomic E-state index is 9.13. The van der Waals surface area contributed by atoms with Gasteiger partial charge in [-0.05, 0) is 19.4 Å². The molecule has 0 spiro atoms. The summed E-state index contributed by atoms with van der Waals surface area (Å²) < 4.78 is 1.93. The summed E-state index contributed by atoms with van der Waals surface area (Å²) in [4.78, 5) is 14.1. The van der Waals surface area contributed by atoms with Crippen LogP contribution < -0.4 is 4.90 Å². The molecule has 4 rings (SSSR count). The third-order valence-electron chi connectivity index (χ3n) is 5.96. The maximum absolute atomic E-state index is 9.13. The average molecular weight is 402 g/mol. The zero-order valence-electron chi connectivity index (χ0n) is 17.8. The molecule has 3 heterocycles. The van der Waals surface area contributed by atoms with E-state index in [1.54, 1.807) is 12.4 Å². The molecular formula is C23H27N7. The normalized spacial score (nSPS) is 15.7. The third-order valence-corrected chi connectivity index (χ3v) is 5.96. The van der Waals surface area contributed by atoms with Crippen LogP contribution in [0.3, 0.4) is 0 Å². The largest absolute Gasteiger partial charge is 0.352 e. The summed E-state index contributed by atoms with van der Waals surface area (Å²) in [6.07, 6.45) is 5.47. The van der Waals surface area contributed by atoms with Gasteiger partial charge in [0.15, 0.2) is 5.82 Å². The number of anilines is 1. The Morgan fingerprint density at radius 2 is 1.77 bits per heavy atom. The highest BCUT2D eigenvalue weighted by molar-refractivity contribution is 5.72. The van der Waals surface area contributed by atoms with Crippen molar-refractivity contribution in [3.05, 3.63) is 59.7 Å². The van der Waals surface area contributed by atoms with E-state index in [1.807, 2.05) is 49.1 Å². The molecule has 1 fully saturated rings. The van der Waals surface area contributed by atoms with E-state index in [1.165, 1.54) is 11.3 Å². The lowest BCUT2D eigenvalue weighted by Gasteiger charge is -2.35. The van der Waals surface area contributed by atoms with Crippen molar-refractivity contribution in [3.63, 3.8) is 0 Å². The van der Waals surface area contributed by atoms with E-state index in [-0.39, 0.29) is 5.92 Å². The number of aryl methyl sites for hydroxylation is 1. The summed E-state index contributed by atoms with van der Waals surface area (Å²) >= 11 is 0. The Morgan fingerprint density at radius 3 is 2.40 bits per heavy atom. The zero-order chi connectivity index (χ0) is 21.1. The molecule has 1 aliphatic rings. The van der Waals surface area contributed by atoms with Crippen molar-refractivity contribution < 1.29 is 0 Å². The molecule has 1 atom stereocenters. The number of nitriles is 1. The molecule has 0 N–H and O–H groups in total. The van der Waals surface area contributed by atoms with Crippen LogP contribution in [0.5, 0.6) is 0 Å². The summed E-state index contributed by atoms with van der Waals surface area (Å²) in [6.45, 7) is 8.73. The standard InChI is InChI=1S/C23H27N7/c1-17(14-24)19-4-6-20(7-5-19)22-23(26-9-8-25-22)30-12-10-29(11-13-30)16-21-15-27-28(3)18(21)2/h4-9,15,17H,10-13,16H2,1-3H3. The Balaban J connectivity index is 1.47. The van der Waals surface area contributed by atoms with Crippen molar-refractivity contribution in [2.24, 2.45) is 7.05 Å². The van der Waals surface area contributed by atoms with Gasteiger partial charge in [0.25, 0.3) is 0 Å². The van der Waals surface area contributed by atoms with Crippen molar-refractivity contribution in [1.82, 2.24) is 24.6 Å². The van der Waals surface area contributed by atoms with Crippen LogP contribution in [0.1, 0.15) is 29.7 Å². The van der Waals surface area contributed by atoms with Crippen molar-refractivity contribution in [1.29, 1.82) is 5.26 Å². The van der Waals surface area contributed by atoms with Gasteiger partial charge in [0.2, 0.25) is 0 Å². The summed E-state index contributed by atoms with van der Waals surface area (Å²) in [5, 5.41) is 13.5. The van der Waals surface area contributed by atoms with Gasteiger partial charge >= 0.3 is 0 Å². The number of rotatable bonds is 5. The van der Waals surface area contributed by atoms with E-state index in [2.05, 4.69) is 37.9 Å². The second kappa shape index (κ2) is 8.64. The van der Waals surface area contributed by atoms with Gasteiger partial charge in [-0.25, -0.2) is 4.98 Å². The van der Waals surface area contributed by atoms with Gasteiger partial charge in [-0.2, -0.15) is 10.4 Å². The van der Waals surface area contributed by atoms with Gasteiger partial charge < -0.3 is 4.90 Å². The predicted octanol–water partition coefficient (Wildman–Crippen LogP) is 3.13. The first-order valence-corrected chi connectivity index (χ1v) is 10.3. The molecule has 1 unspecified atom stereocenters. The Morgan fingerprint density at radius 1 is 1.07 bits per heavy atom. The fourth-order valence-electron chi connectivity index (χ4n) is 3.83. The van der Waals surface area contributed by atoms with Crippen molar-refractivity contribution >= 4 is 5.82 Å². The third kappa shape index (κ3) is 4.05. The predicted molar refractivity (Wildman–Crippen MR) is 117 cm³/mol. The van der Waals surface area contributed by atoms with Crippen LogP contribution in [0.4, 0.5) is 5.82 Å². The van der Waals surface area contributed by atoms with Crippen LogP contribution in [-0.4, -0.2) is 50.8 Å². The molecule has 154 valence electrons. The molecule has 7 nitrogen and oxygen atoms in total. The molecule has 1 aliphatic heterocycles. The van der Waals surface area contributed by atoms with E-state index >= 15 is 0 Å². The molecular weight excluding hydrogens is 374 g/mol. The first-order chi connectivity index (χ1) is 14.6. The minimum absolute atomic E-state index is 0.114. The minimum Gasteiger partial charge on any atom is -0.352 e. The number of aromatic nitrogens is 4. The maximum Gasteiger partial charge on any atom is 0.155 e. The average Bonchev–Trinajstić information content (AvgIpc) is 3.11. The molecule has 1 aromatic carbocycles. The number of nitrogens with zero attached hydrogens (tertiary/aromatic N) is 7. The highest BCUT2D eigenvalue weighted by atomic mass is 15.3. The highest BCUT2D eigenvalue weighted by Crippen LogP contribution is 2.29. The van der Waals surface area contributed by atoms with Crippen LogP contribution in [0.15, 0.2) is 42.9 Å². The van der Waals surface area contributed by atoms with Gasteiger partial charge in [-0.1, -0.05) is 24.3 Å². The topological polar surface area (TPSA) is 73.9 Å². The van der Waals surface area contributed by atoms with Crippen molar-refractivity contribution in [2.75, 3.05) is 31.1 Å². The number of benzene rings is 1. The summed E-state index contributed by atoms with van der Waals surface area (Å²) in [7, 11) is 1.99. The monoisotopic (exact) mass is 401 g/mol. The van der Waals surface area contributed by atoms with Crippen LogP contribution in [0.25, 0.3) is 11.3 Å². The second-order valence-electron chi connectivity index (χ2n) is 7.84. The Labute approximate surface area is 177 Å². The van der Waals surface area contributed by atoms with E-state index in [4.69, 9.17) is 5.26 Å². The molecule has 3 aromatic rings. The van der Waals surface area contributed by atoms with E-state index < -0.39 is 0 Å². The molecule has 0 aliphatic carbocycles. The number of hydrogen-bond acceptors (Lipinski definition) is 6. The second-order valence-corrected chi connectivity index (χ2v) is 7.84. The number of hydrogen-bond donors (Lipinski definition) is 0. The minimum atomic E-state index is -0.114. The fourth-order valence-corrected chi connectivity index (χ4v) is 3.83. The first-order valence-electron chi connectivity index (χ1n) is 10.3. The van der Waals surface area contributed by atoms with E-state index in [0.29, 0.717) is 0 Å². The highest BCUT2D eigenvalue weighted by Gasteiger charge is 2.22. The van der Waals surface area contributed by atoms with Gasteiger partial charge in [-0.3, -0.25) is 14.6 Å². The van der Waals surface area contributed by atoms with Gasteiger partial charge in [0.1, 0.15) is 5.69 Å². The lowest BCUT2D eigenvalue weighted by Crippen LogP contribution is -2.46. The van der Waals surface area contributed by atoms with Gasteiger partial charge in [0.05, 0.1) is 18.2 Å². The van der Waals surface area contributed by atoms with Crippen LogP contribution >= 0.6 is 0 Å². The molecule has 0 amide bonds. The Hall–Kier alpha value is -3.24. The van der Waals surface area contributed by atoms with Crippen LogP contribution in [0.2, 0.25) is 0 Å².